The fourth-order valence-corrected chi connectivity index (χ4v) is 3.34. The predicted molar refractivity (Wildman–Crippen MR) is 83.2 cm³/mol. The van der Waals surface area contributed by atoms with Gasteiger partial charge in [-0.1, -0.05) is 19.3 Å². The lowest BCUT2D eigenvalue weighted by Gasteiger charge is -2.31. The highest BCUT2D eigenvalue weighted by Crippen LogP contribution is 2.32. The van der Waals surface area contributed by atoms with E-state index in [1.54, 1.807) is 11.9 Å². The molecule has 1 aliphatic rings. The number of aromatic hydroxyl groups is 1. The van der Waals surface area contributed by atoms with Crippen LogP contribution in [0.15, 0.2) is 10.9 Å². The molecular formula is C16H24N2O4. The molecule has 1 fully saturated rings. The molecular weight excluding hydrogens is 284 g/mol. The molecule has 0 saturated heterocycles. The molecule has 0 radical (unpaired) electrons. The molecule has 1 aromatic heterocycles. The molecule has 0 bridgehead atoms. The fourth-order valence-electron chi connectivity index (χ4n) is 3.34. The van der Waals surface area contributed by atoms with Gasteiger partial charge in [0.25, 0.3) is 0 Å². The topological polar surface area (TPSA) is 82.8 Å². The van der Waals surface area contributed by atoms with Crippen molar-refractivity contribution in [3.05, 3.63) is 27.7 Å². The molecule has 1 aromatic rings. The number of likely N-dealkylation sites (N-methyl/N-ethyl adjacent to an activating group) is 1. The van der Waals surface area contributed by atoms with E-state index in [9.17, 15) is 14.7 Å². The molecule has 2 rings (SSSR count). The normalized spacial score (nSPS) is 16.1. The Bertz CT molecular complexity index is 603. The second-order valence-corrected chi connectivity index (χ2v) is 6.17. The number of aliphatic carboxylic acids is 1. The van der Waals surface area contributed by atoms with Gasteiger partial charge in [-0.25, -0.2) is 0 Å². The number of aromatic nitrogens is 1. The van der Waals surface area contributed by atoms with Crippen LogP contribution in [0, 0.1) is 6.92 Å². The number of hydrogen-bond donors (Lipinski definition) is 2. The number of aryl methyl sites for hydroxylation is 1. The summed E-state index contributed by atoms with van der Waals surface area (Å²) >= 11 is 0. The number of pyridine rings is 1. The summed E-state index contributed by atoms with van der Waals surface area (Å²) < 4.78 is 2.04. The Morgan fingerprint density at radius 1 is 1.36 bits per heavy atom. The van der Waals surface area contributed by atoms with Crippen LogP contribution in [0.2, 0.25) is 0 Å². The largest absolute Gasteiger partial charge is 0.503 e. The molecule has 22 heavy (non-hydrogen) atoms. The molecule has 0 atom stereocenters. The zero-order chi connectivity index (χ0) is 16.3. The highest BCUT2D eigenvalue weighted by Gasteiger charge is 2.23. The van der Waals surface area contributed by atoms with Crippen molar-refractivity contribution in [2.45, 2.75) is 51.6 Å². The number of rotatable bonds is 5. The van der Waals surface area contributed by atoms with E-state index in [-0.39, 0.29) is 24.9 Å². The fraction of sp³-hybridized carbons (Fsp3) is 0.625. The minimum absolute atomic E-state index is 0.133. The molecule has 6 nitrogen and oxygen atoms in total. The summed E-state index contributed by atoms with van der Waals surface area (Å²) in [4.78, 5) is 24.3. The van der Waals surface area contributed by atoms with Gasteiger partial charge in [-0.2, -0.15) is 0 Å². The standard InChI is InChI=1S/C16H24N2O4/c1-11-8-14(19)16(22)13(9-17(2)10-15(20)21)18(11)12-6-4-3-5-7-12/h8,12,22H,3-7,9-10H2,1-2H3,(H,20,21). The van der Waals surface area contributed by atoms with Gasteiger partial charge in [-0.05, 0) is 26.8 Å². The first-order valence-electron chi connectivity index (χ1n) is 7.74. The molecule has 6 heteroatoms. The summed E-state index contributed by atoms with van der Waals surface area (Å²) in [6.07, 6.45) is 5.55. The van der Waals surface area contributed by atoms with Crippen molar-refractivity contribution in [2.24, 2.45) is 0 Å². The van der Waals surface area contributed by atoms with Crippen molar-refractivity contribution < 1.29 is 15.0 Å². The Labute approximate surface area is 130 Å². The van der Waals surface area contributed by atoms with Crippen molar-refractivity contribution in [3.8, 4) is 5.75 Å². The first kappa shape index (κ1) is 16.5. The van der Waals surface area contributed by atoms with E-state index in [1.165, 1.54) is 12.5 Å². The predicted octanol–water partition coefficient (Wildman–Crippen LogP) is 1.88. The van der Waals surface area contributed by atoms with Gasteiger partial charge in [0.1, 0.15) is 0 Å². The lowest BCUT2D eigenvalue weighted by Crippen LogP contribution is -2.30. The maximum atomic E-state index is 11.9. The third kappa shape index (κ3) is 3.68. The van der Waals surface area contributed by atoms with Crippen molar-refractivity contribution in [2.75, 3.05) is 13.6 Å². The lowest BCUT2D eigenvalue weighted by molar-refractivity contribution is -0.138. The van der Waals surface area contributed by atoms with Crippen molar-refractivity contribution in [1.29, 1.82) is 0 Å². The average Bonchev–Trinajstić information content (AvgIpc) is 2.44. The van der Waals surface area contributed by atoms with Crippen molar-refractivity contribution in [3.63, 3.8) is 0 Å². The highest BCUT2D eigenvalue weighted by molar-refractivity contribution is 5.69. The maximum Gasteiger partial charge on any atom is 0.317 e. The summed E-state index contributed by atoms with van der Waals surface area (Å²) in [6, 6.07) is 1.73. The van der Waals surface area contributed by atoms with E-state index in [2.05, 4.69) is 0 Å². The van der Waals surface area contributed by atoms with Crippen molar-refractivity contribution in [1.82, 2.24) is 9.47 Å². The average molecular weight is 308 g/mol. The van der Waals surface area contributed by atoms with Crippen LogP contribution < -0.4 is 5.43 Å². The zero-order valence-electron chi connectivity index (χ0n) is 13.2. The van der Waals surface area contributed by atoms with Crippen LogP contribution in [0.25, 0.3) is 0 Å². The van der Waals surface area contributed by atoms with E-state index in [0.717, 1.165) is 31.4 Å². The first-order chi connectivity index (χ1) is 10.4. The molecule has 0 spiro atoms. The lowest BCUT2D eigenvalue weighted by atomic mass is 9.94. The molecule has 122 valence electrons. The van der Waals surface area contributed by atoms with Crippen LogP contribution in [0.3, 0.4) is 0 Å². The van der Waals surface area contributed by atoms with E-state index >= 15 is 0 Å². The molecule has 0 amide bonds. The monoisotopic (exact) mass is 308 g/mol. The number of carboxylic acid groups (broad SMARTS) is 1. The SMILES string of the molecule is Cc1cc(=O)c(O)c(CN(C)CC(=O)O)n1C1CCCCC1. The van der Waals surface area contributed by atoms with Gasteiger partial charge < -0.3 is 14.8 Å². The van der Waals surface area contributed by atoms with Crippen LogP contribution in [0.5, 0.6) is 5.75 Å². The minimum Gasteiger partial charge on any atom is -0.503 e. The van der Waals surface area contributed by atoms with Crippen LogP contribution in [-0.2, 0) is 11.3 Å². The van der Waals surface area contributed by atoms with E-state index in [1.807, 2.05) is 11.5 Å². The number of nitrogens with zero attached hydrogens (tertiary/aromatic N) is 2. The highest BCUT2D eigenvalue weighted by atomic mass is 16.4. The Hall–Kier alpha value is -1.82. The quantitative estimate of drug-likeness (QED) is 0.868. The van der Waals surface area contributed by atoms with Gasteiger partial charge in [0, 0.05) is 24.3 Å². The van der Waals surface area contributed by atoms with E-state index < -0.39 is 11.4 Å². The van der Waals surface area contributed by atoms with Gasteiger partial charge >= 0.3 is 5.97 Å². The van der Waals surface area contributed by atoms with Gasteiger partial charge in [0.05, 0.1) is 12.2 Å². The maximum absolute atomic E-state index is 11.9. The molecule has 2 N–H and O–H groups in total. The Morgan fingerprint density at radius 3 is 2.59 bits per heavy atom. The van der Waals surface area contributed by atoms with Gasteiger partial charge in [-0.3, -0.25) is 14.5 Å². The zero-order valence-corrected chi connectivity index (χ0v) is 13.2. The molecule has 0 aromatic carbocycles. The Kier molecular flexibility index (Phi) is 5.24. The molecule has 1 aliphatic carbocycles. The van der Waals surface area contributed by atoms with Gasteiger partial charge in [-0.15, -0.1) is 0 Å². The molecule has 0 aliphatic heterocycles. The van der Waals surface area contributed by atoms with Gasteiger partial charge in [0.2, 0.25) is 5.43 Å². The third-order valence-corrected chi connectivity index (χ3v) is 4.28. The summed E-state index contributed by atoms with van der Waals surface area (Å²) in [5.41, 5.74) is 0.956. The first-order valence-corrected chi connectivity index (χ1v) is 7.74. The van der Waals surface area contributed by atoms with E-state index in [0.29, 0.717) is 5.69 Å². The molecule has 1 heterocycles. The number of carbonyl (C=O) groups is 1. The second-order valence-electron chi connectivity index (χ2n) is 6.17. The third-order valence-electron chi connectivity index (χ3n) is 4.28. The number of hydrogen-bond acceptors (Lipinski definition) is 4. The van der Waals surface area contributed by atoms with E-state index in [4.69, 9.17) is 5.11 Å². The van der Waals surface area contributed by atoms with Crippen LogP contribution >= 0.6 is 0 Å². The van der Waals surface area contributed by atoms with Crippen LogP contribution in [0.1, 0.15) is 49.5 Å². The summed E-state index contributed by atoms with van der Waals surface area (Å²) in [5.74, 6) is -1.19. The number of carboxylic acids is 1. The summed E-state index contributed by atoms with van der Waals surface area (Å²) in [7, 11) is 1.67. The molecule has 1 saturated carbocycles. The summed E-state index contributed by atoms with van der Waals surface area (Å²) in [6.45, 7) is 1.98. The Morgan fingerprint density at radius 2 is 2.00 bits per heavy atom. The Balaban J connectivity index is 2.40. The second kappa shape index (κ2) is 6.96. The van der Waals surface area contributed by atoms with Crippen molar-refractivity contribution >= 4 is 5.97 Å². The molecule has 0 unspecified atom stereocenters. The summed E-state index contributed by atoms with van der Waals surface area (Å²) in [5, 5.41) is 19.1. The van der Waals surface area contributed by atoms with Crippen LogP contribution in [-0.4, -0.2) is 39.2 Å². The van der Waals surface area contributed by atoms with Crippen LogP contribution in [0.4, 0.5) is 0 Å². The van der Waals surface area contributed by atoms with Gasteiger partial charge in [0.15, 0.2) is 5.75 Å². The smallest absolute Gasteiger partial charge is 0.317 e. The minimum atomic E-state index is -0.929.